The quantitative estimate of drug-likeness (QED) is 0.916. The Hall–Kier alpha value is -2.40. The summed E-state index contributed by atoms with van der Waals surface area (Å²) < 4.78 is 13.9. The van der Waals surface area contributed by atoms with Crippen molar-refractivity contribution in [2.45, 2.75) is 13.0 Å². The molecule has 1 aliphatic rings. The van der Waals surface area contributed by atoms with Gasteiger partial charge in [0.2, 0.25) is 5.91 Å². The minimum absolute atomic E-state index is 0.0552. The monoisotopic (exact) mass is 314 g/mol. The van der Waals surface area contributed by atoms with E-state index in [4.69, 9.17) is 0 Å². The number of benzene rings is 2. The van der Waals surface area contributed by atoms with Crippen molar-refractivity contribution in [2.75, 3.05) is 23.3 Å². The van der Waals surface area contributed by atoms with Crippen LogP contribution in [0.25, 0.3) is 0 Å². The third kappa shape index (κ3) is 3.19. The van der Waals surface area contributed by atoms with Crippen LogP contribution in [0.1, 0.15) is 18.6 Å². The first kappa shape index (κ1) is 15.5. The molecule has 0 bridgehead atoms. The third-order valence-electron chi connectivity index (χ3n) is 4.10. The number of hydrogen-bond acceptors (Lipinski definition) is 3. The molecular weight excluding hydrogens is 295 g/mol. The molecule has 0 radical (unpaired) electrons. The Balaban J connectivity index is 1.89. The predicted molar refractivity (Wildman–Crippen MR) is 87.8 cm³/mol. The average Bonchev–Trinajstić information content (AvgIpc) is 2.65. The van der Waals surface area contributed by atoms with E-state index in [9.17, 15) is 14.3 Å². The van der Waals surface area contributed by atoms with Gasteiger partial charge in [0, 0.05) is 18.7 Å². The first-order valence-electron chi connectivity index (χ1n) is 7.63. The lowest BCUT2D eigenvalue weighted by Gasteiger charge is -2.28. The van der Waals surface area contributed by atoms with E-state index in [1.165, 1.54) is 6.07 Å². The number of hydrogen-bond donors (Lipinski definition) is 2. The van der Waals surface area contributed by atoms with Crippen molar-refractivity contribution in [1.82, 2.24) is 0 Å². The van der Waals surface area contributed by atoms with Gasteiger partial charge in [0.05, 0.1) is 23.4 Å². The normalized spacial score (nSPS) is 18.8. The van der Waals surface area contributed by atoms with Gasteiger partial charge in [0.25, 0.3) is 0 Å². The van der Waals surface area contributed by atoms with Crippen LogP contribution in [0.2, 0.25) is 0 Å². The van der Waals surface area contributed by atoms with Crippen LogP contribution in [0.5, 0.6) is 0 Å². The van der Waals surface area contributed by atoms with Crippen LogP contribution in [0, 0.1) is 11.7 Å². The molecule has 2 atom stereocenters. The van der Waals surface area contributed by atoms with Gasteiger partial charge in [-0.3, -0.25) is 4.79 Å². The Bertz CT molecular complexity index is 720. The van der Waals surface area contributed by atoms with E-state index < -0.39 is 11.9 Å². The Morgan fingerprint density at radius 2 is 1.96 bits per heavy atom. The van der Waals surface area contributed by atoms with E-state index in [-0.39, 0.29) is 23.9 Å². The highest BCUT2D eigenvalue weighted by Gasteiger charge is 2.26. The molecule has 1 heterocycles. The molecule has 2 aromatic rings. The van der Waals surface area contributed by atoms with Gasteiger partial charge in [-0.25, -0.2) is 4.39 Å². The molecular formula is C18H19FN2O2. The van der Waals surface area contributed by atoms with Crippen LogP contribution in [-0.4, -0.2) is 24.1 Å². The number of halogens is 1. The van der Waals surface area contributed by atoms with Gasteiger partial charge >= 0.3 is 0 Å². The summed E-state index contributed by atoms with van der Waals surface area (Å²) in [6.07, 6.45) is -0.968. The van der Waals surface area contributed by atoms with Gasteiger partial charge in [0.15, 0.2) is 0 Å². The predicted octanol–water partition coefficient (Wildman–Crippen LogP) is 2.95. The second-order valence-electron chi connectivity index (χ2n) is 5.85. The highest BCUT2D eigenvalue weighted by molar-refractivity contribution is 5.97. The highest BCUT2D eigenvalue weighted by Crippen LogP contribution is 2.31. The number of carbonyl (C=O) groups excluding carboxylic acids is 1. The summed E-state index contributed by atoms with van der Waals surface area (Å²) in [4.78, 5) is 14.0. The first-order chi connectivity index (χ1) is 11.1. The molecule has 4 nitrogen and oxygen atoms in total. The number of nitrogens with one attached hydrogen (secondary N) is 1. The molecule has 3 rings (SSSR count). The van der Waals surface area contributed by atoms with Gasteiger partial charge in [-0.15, -0.1) is 0 Å². The van der Waals surface area contributed by atoms with Crippen molar-refractivity contribution in [2.24, 2.45) is 5.92 Å². The molecule has 2 unspecified atom stereocenters. The Labute approximate surface area is 134 Å². The number of aliphatic hydroxyl groups is 1. The SMILES string of the molecule is CC1CN(CC(O)c2ccccc2F)c2ccccc2NC1=O. The summed E-state index contributed by atoms with van der Waals surface area (Å²) in [7, 11) is 0. The lowest BCUT2D eigenvalue weighted by Crippen LogP contribution is -2.34. The number of amides is 1. The molecule has 0 spiro atoms. The average molecular weight is 314 g/mol. The summed E-state index contributed by atoms with van der Waals surface area (Å²) in [5.74, 6) is -0.707. The van der Waals surface area contributed by atoms with Gasteiger partial charge in [0.1, 0.15) is 5.82 Å². The van der Waals surface area contributed by atoms with E-state index in [0.29, 0.717) is 12.2 Å². The zero-order chi connectivity index (χ0) is 16.4. The smallest absolute Gasteiger partial charge is 0.229 e. The molecule has 0 saturated heterocycles. The van der Waals surface area contributed by atoms with E-state index in [1.807, 2.05) is 36.1 Å². The highest BCUT2D eigenvalue weighted by atomic mass is 19.1. The molecule has 120 valence electrons. The van der Waals surface area contributed by atoms with Crippen molar-refractivity contribution in [3.05, 3.63) is 59.9 Å². The second kappa shape index (κ2) is 6.38. The van der Waals surface area contributed by atoms with Gasteiger partial charge in [-0.1, -0.05) is 37.3 Å². The minimum Gasteiger partial charge on any atom is -0.386 e. The zero-order valence-electron chi connectivity index (χ0n) is 12.9. The first-order valence-corrected chi connectivity index (χ1v) is 7.63. The van der Waals surface area contributed by atoms with Crippen LogP contribution in [-0.2, 0) is 4.79 Å². The van der Waals surface area contributed by atoms with E-state index in [2.05, 4.69) is 5.32 Å². The lowest BCUT2D eigenvalue weighted by atomic mass is 10.1. The molecule has 1 aliphatic heterocycles. The van der Waals surface area contributed by atoms with E-state index >= 15 is 0 Å². The maximum absolute atomic E-state index is 13.9. The van der Waals surface area contributed by atoms with Crippen LogP contribution >= 0.6 is 0 Å². The number of fused-ring (bicyclic) bond motifs is 1. The van der Waals surface area contributed by atoms with Crippen LogP contribution in [0.3, 0.4) is 0 Å². The van der Waals surface area contributed by atoms with E-state index in [1.54, 1.807) is 18.2 Å². The molecule has 0 saturated carbocycles. The Morgan fingerprint density at radius 3 is 2.74 bits per heavy atom. The third-order valence-corrected chi connectivity index (χ3v) is 4.10. The fourth-order valence-electron chi connectivity index (χ4n) is 2.85. The van der Waals surface area contributed by atoms with Crippen LogP contribution in [0.15, 0.2) is 48.5 Å². The maximum atomic E-state index is 13.9. The topological polar surface area (TPSA) is 52.6 Å². The van der Waals surface area contributed by atoms with Crippen molar-refractivity contribution in [1.29, 1.82) is 0 Å². The van der Waals surface area contributed by atoms with Crippen molar-refractivity contribution in [3.63, 3.8) is 0 Å². The zero-order valence-corrected chi connectivity index (χ0v) is 12.9. The molecule has 2 N–H and O–H groups in total. The lowest BCUT2D eigenvalue weighted by molar-refractivity contribution is -0.119. The molecule has 0 fully saturated rings. The number of para-hydroxylation sites is 2. The van der Waals surface area contributed by atoms with Crippen LogP contribution in [0.4, 0.5) is 15.8 Å². The molecule has 23 heavy (non-hydrogen) atoms. The van der Waals surface area contributed by atoms with Gasteiger partial charge in [-0.05, 0) is 18.2 Å². The number of β-amino-alcohol motifs (C(OH)–C–C–N with tert-alkyl or cyclic N) is 1. The standard InChI is InChI=1S/C18H19FN2O2/c1-12-10-21(11-17(22)13-6-2-3-7-14(13)19)16-9-5-4-8-15(16)20-18(12)23/h2-9,12,17,22H,10-11H2,1H3,(H,20,23). The van der Waals surface area contributed by atoms with E-state index in [0.717, 1.165) is 5.69 Å². The molecule has 5 heteroatoms. The molecule has 1 amide bonds. The minimum atomic E-state index is -0.968. The number of nitrogens with zero attached hydrogens (tertiary/aromatic N) is 1. The Kier molecular flexibility index (Phi) is 4.30. The maximum Gasteiger partial charge on any atom is 0.229 e. The van der Waals surface area contributed by atoms with Crippen LogP contribution < -0.4 is 10.2 Å². The van der Waals surface area contributed by atoms with Gasteiger partial charge < -0.3 is 15.3 Å². The summed E-state index contributed by atoms with van der Waals surface area (Å²) >= 11 is 0. The second-order valence-corrected chi connectivity index (χ2v) is 5.85. The number of rotatable bonds is 3. The summed E-state index contributed by atoms with van der Waals surface area (Å²) in [5, 5.41) is 13.3. The summed E-state index contributed by atoms with van der Waals surface area (Å²) in [5.41, 5.74) is 1.81. The number of aliphatic hydroxyl groups excluding tert-OH is 1. The van der Waals surface area contributed by atoms with Crippen molar-refractivity contribution < 1.29 is 14.3 Å². The summed E-state index contributed by atoms with van der Waals surface area (Å²) in [6.45, 7) is 2.52. The largest absolute Gasteiger partial charge is 0.386 e. The number of anilines is 2. The van der Waals surface area contributed by atoms with Crippen molar-refractivity contribution in [3.8, 4) is 0 Å². The Morgan fingerprint density at radius 1 is 1.26 bits per heavy atom. The summed E-state index contributed by atoms with van der Waals surface area (Å²) in [6, 6.07) is 13.7. The molecule has 0 aromatic heterocycles. The fourth-order valence-corrected chi connectivity index (χ4v) is 2.85. The number of carbonyl (C=O) groups is 1. The molecule has 0 aliphatic carbocycles. The molecule has 2 aromatic carbocycles. The van der Waals surface area contributed by atoms with Crippen molar-refractivity contribution >= 4 is 17.3 Å². The fraction of sp³-hybridized carbons (Fsp3) is 0.278. The van der Waals surface area contributed by atoms with Gasteiger partial charge in [-0.2, -0.15) is 0 Å².